The van der Waals surface area contributed by atoms with E-state index in [1.807, 2.05) is 0 Å². The summed E-state index contributed by atoms with van der Waals surface area (Å²) >= 11 is 0. The van der Waals surface area contributed by atoms with E-state index < -0.39 is 0 Å². The molecule has 0 aliphatic heterocycles. The van der Waals surface area contributed by atoms with Gasteiger partial charge >= 0.3 is 5.97 Å². The van der Waals surface area contributed by atoms with Gasteiger partial charge in [-0.1, -0.05) is 20.3 Å². The van der Waals surface area contributed by atoms with Crippen molar-refractivity contribution in [3.8, 4) is 0 Å². The summed E-state index contributed by atoms with van der Waals surface area (Å²) in [6, 6.07) is 0. The van der Waals surface area contributed by atoms with Crippen molar-refractivity contribution in [2.75, 3.05) is 6.61 Å². The third kappa shape index (κ3) is 5.89. The van der Waals surface area contributed by atoms with E-state index in [1.54, 1.807) is 0 Å². The van der Waals surface area contributed by atoms with E-state index in [0.29, 0.717) is 12.5 Å². The second-order valence-electron chi connectivity index (χ2n) is 2.83. The van der Waals surface area contributed by atoms with Crippen LogP contribution in [-0.4, -0.2) is 12.6 Å². The zero-order chi connectivity index (χ0) is 8.69. The van der Waals surface area contributed by atoms with Gasteiger partial charge in [0.1, 0.15) is 0 Å². The average Bonchev–Trinajstić information content (AvgIpc) is 2.01. The van der Waals surface area contributed by atoms with Crippen molar-refractivity contribution >= 4 is 5.97 Å². The van der Waals surface area contributed by atoms with Crippen molar-refractivity contribution in [3.63, 3.8) is 0 Å². The summed E-state index contributed by atoms with van der Waals surface area (Å²) in [4.78, 5) is 10.6. The highest BCUT2D eigenvalue weighted by molar-refractivity contribution is 5.69. The lowest BCUT2D eigenvalue weighted by molar-refractivity contribution is -0.143. The fourth-order valence-electron chi connectivity index (χ4n) is 0.884. The summed E-state index contributed by atoms with van der Waals surface area (Å²) in [7, 11) is 0. The van der Waals surface area contributed by atoms with Crippen molar-refractivity contribution in [3.05, 3.63) is 6.92 Å². The van der Waals surface area contributed by atoms with E-state index in [0.717, 1.165) is 12.8 Å². The highest BCUT2D eigenvalue weighted by Gasteiger charge is 2.03. The molecule has 0 aromatic heterocycles. The minimum absolute atomic E-state index is 0.201. The molecule has 0 rings (SSSR count). The number of ether oxygens (including phenoxy) is 1. The van der Waals surface area contributed by atoms with Crippen LogP contribution >= 0.6 is 0 Å². The normalized spacial score (nSPS) is 12.6. The topological polar surface area (TPSA) is 26.3 Å². The Hall–Kier alpha value is -0.530. The van der Waals surface area contributed by atoms with E-state index in [2.05, 4.69) is 20.8 Å². The molecule has 0 heterocycles. The van der Waals surface area contributed by atoms with Crippen LogP contribution in [0.3, 0.4) is 0 Å². The highest BCUT2D eigenvalue weighted by atomic mass is 16.5. The number of hydrogen-bond acceptors (Lipinski definition) is 2. The first-order valence-electron chi connectivity index (χ1n) is 4.15. The zero-order valence-corrected chi connectivity index (χ0v) is 7.43. The molecular weight excluding hydrogens is 140 g/mol. The van der Waals surface area contributed by atoms with Crippen LogP contribution in [0.4, 0.5) is 0 Å². The van der Waals surface area contributed by atoms with Gasteiger partial charge in [0.15, 0.2) is 0 Å². The van der Waals surface area contributed by atoms with E-state index in [-0.39, 0.29) is 12.4 Å². The first-order chi connectivity index (χ1) is 5.20. The largest absolute Gasteiger partial charge is 0.465 e. The molecule has 1 unspecified atom stereocenters. The SMILES string of the molecule is [CH2]CC(=O)OCC(C)CCC. The van der Waals surface area contributed by atoms with Crippen LogP contribution in [0.5, 0.6) is 0 Å². The van der Waals surface area contributed by atoms with Crippen molar-refractivity contribution in [1.82, 2.24) is 0 Å². The van der Waals surface area contributed by atoms with Crippen LogP contribution in [0, 0.1) is 12.8 Å². The lowest BCUT2D eigenvalue weighted by atomic mass is 10.1. The fourth-order valence-corrected chi connectivity index (χ4v) is 0.884. The third-order valence-corrected chi connectivity index (χ3v) is 1.51. The van der Waals surface area contributed by atoms with Gasteiger partial charge in [-0.3, -0.25) is 4.79 Å². The zero-order valence-electron chi connectivity index (χ0n) is 7.43. The molecule has 2 nitrogen and oxygen atoms in total. The molecule has 1 atom stereocenters. The Morgan fingerprint density at radius 2 is 2.27 bits per heavy atom. The molecule has 65 valence electrons. The molecule has 0 bridgehead atoms. The second kappa shape index (κ2) is 6.20. The van der Waals surface area contributed by atoms with Gasteiger partial charge in [-0.2, -0.15) is 0 Å². The van der Waals surface area contributed by atoms with Crippen LogP contribution in [0.25, 0.3) is 0 Å². The number of hydrogen-bond donors (Lipinski definition) is 0. The van der Waals surface area contributed by atoms with Crippen molar-refractivity contribution in [1.29, 1.82) is 0 Å². The summed E-state index contributed by atoms with van der Waals surface area (Å²) in [5.74, 6) is 0.281. The quantitative estimate of drug-likeness (QED) is 0.572. The minimum atomic E-state index is -0.201. The number of carbonyl (C=O) groups is 1. The molecule has 0 spiro atoms. The molecule has 0 saturated heterocycles. The molecule has 0 aliphatic carbocycles. The van der Waals surface area contributed by atoms with E-state index >= 15 is 0 Å². The summed E-state index contributed by atoms with van der Waals surface area (Å²) < 4.78 is 4.90. The molecular formula is C9H17O2. The maximum atomic E-state index is 10.6. The first-order valence-corrected chi connectivity index (χ1v) is 4.15. The second-order valence-corrected chi connectivity index (χ2v) is 2.83. The van der Waals surface area contributed by atoms with E-state index in [4.69, 9.17) is 4.74 Å². The Morgan fingerprint density at radius 1 is 1.64 bits per heavy atom. The maximum Gasteiger partial charge on any atom is 0.305 e. The van der Waals surface area contributed by atoms with Gasteiger partial charge < -0.3 is 4.74 Å². The predicted octanol–water partition coefficient (Wildman–Crippen LogP) is 2.19. The maximum absolute atomic E-state index is 10.6. The number of rotatable bonds is 5. The lowest BCUT2D eigenvalue weighted by Crippen LogP contribution is -2.10. The van der Waals surface area contributed by atoms with Crippen molar-refractivity contribution in [2.24, 2.45) is 5.92 Å². The van der Waals surface area contributed by atoms with Crippen LogP contribution in [0.15, 0.2) is 0 Å². The first kappa shape index (κ1) is 10.5. The monoisotopic (exact) mass is 157 g/mol. The smallest absolute Gasteiger partial charge is 0.305 e. The summed E-state index contributed by atoms with van der Waals surface area (Å²) in [6.45, 7) is 8.19. The van der Waals surface area contributed by atoms with Gasteiger partial charge in [-0.05, 0) is 19.3 Å². The molecule has 0 amide bonds. The van der Waals surface area contributed by atoms with E-state index in [9.17, 15) is 4.79 Å². The van der Waals surface area contributed by atoms with Gasteiger partial charge in [0.2, 0.25) is 0 Å². The molecule has 0 aromatic rings. The Labute approximate surface area is 68.9 Å². The van der Waals surface area contributed by atoms with Crippen LogP contribution in [-0.2, 0) is 9.53 Å². The predicted molar refractivity (Wildman–Crippen MR) is 45.0 cm³/mol. The van der Waals surface area contributed by atoms with Gasteiger partial charge in [-0.25, -0.2) is 0 Å². The Balaban J connectivity index is 3.29. The van der Waals surface area contributed by atoms with Crippen LogP contribution in [0.2, 0.25) is 0 Å². The summed E-state index contributed by atoms with van der Waals surface area (Å²) in [6.07, 6.45) is 2.49. The van der Waals surface area contributed by atoms with Crippen LogP contribution < -0.4 is 0 Å². The minimum Gasteiger partial charge on any atom is -0.465 e. The third-order valence-electron chi connectivity index (χ3n) is 1.51. The molecule has 2 heteroatoms. The molecule has 1 radical (unpaired) electrons. The van der Waals surface area contributed by atoms with Crippen molar-refractivity contribution in [2.45, 2.75) is 33.1 Å². The Bertz CT molecular complexity index is 110. The van der Waals surface area contributed by atoms with E-state index in [1.165, 1.54) is 0 Å². The summed E-state index contributed by atoms with van der Waals surface area (Å²) in [5, 5.41) is 0. The molecule has 0 fully saturated rings. The number of carbonyl (C=O) groups excluding carboxylic acids is 1. The Morgan fingerprint density at radius 3 is 2.73 bits per heavy atom. The standard InChI is InChI=1S/C9H17O2/c1-4-6-8(3)7-11-9(10)5-2/h8H,2,4-7H2,1,3H3. The number of esters is 1. The fraction of sp³-hybridized carbons (Fsp3) is 0.778. The Kier molecular flexibility index (Phi) is 5.90. The summed E-state index contributed by atoms with van der Waals surface area (Å²) in [5.41, 5.74) is 0. The highest BCUT2D eigenvalue weighted by Crippen LogP contribution is 2.05. The van der Waals surface area contributed by atoms with Gasteiger partial charge in [-0.15, -0.1) is 0 Å². The van der Waals surface area contributed by atoms with Crippen LogP contribution in [0.1, 0.15) is 33.1 Å². The van der Waals surface area contributed by atoms with Gasteiger partial charge in [0, 0.05) is 6.42 Å². The molecule has 0 saturated carbocycles. The molecule has 0 N–H and O–H groups in total. The molecule has 11 heavy (non-hydrogen) atoms. The molecule has 0 aromatic carbocycles. The lowest BCUT2D eigenvalue weighted by Gasteiger charge is -2.09. The van der Waals surface area contributed by atoms with Gasteiger partial charge in [0.25, 0.3) is 0 Å². The molecule has 0 aliphatic rings. The average molecular weight is 157 g/mol. The van der Waals surface area contributed by atoms with Gasteiger partial charge in [0.05, 0.1) is 6.61 Å². The van der Waals surface area contributed by atoms with Crippen molar-refractivity contribution < 1.29 is 9.53 Å².